The van der Waals surface area contributed by atoms with Crippen molar-refractivity contribution in [1.29, 1.82) is 0 Å². The molecule has 4 rings (SSSR count). The fourth-order valence-electron chi connectivity index (χ4n) is 3.97. The summed E-state index contributed by atoms with van der Waals surface area (Å²) in [5, 5.41) is 0. The van der Waals surface area contributed by atoms with E-state index in [-0.39, 0.29) is 5.82 Å². The van der Waals surface area contributed by atoms with Gasteiger partial charge in [0.15, 0.2) is 0 Å². The lowest BCUT2D eigenvalue weighted by Gasteiger charge is -2.10. The highest BCUT2D eigenvalue weighted by molar-refractivity contribution is 5.94. The van der Waals surface area contributed by atoms with Crippen LogP contribution in [0.15, 0.2) is 66.7 Å². The normalized spacial score (nSPS) is 15.5. The van der Waals surface area contributed by atoms with Crippen LogP contribution in [0.25, 0.3) is 11.1 Å². The summed E-state index contributed by atoms with van der Waals surface area (Å²) < 4.78 is 13.4. The molecule has 3 aromatic carbocycles. The van der Waals surface area contributed by atoms with Gasteiger partial charge in [0.1, 0.15) is 5.82 Å². The van der Waals surface area contributed by atoms with Gasteiger partial charge in [-0.2, -0.15) is 0 Å². The number of primary amides is 1. The minimum absolute atomic E-state index is 0.134. The molecule has 0 fully saturated rings. The summed E-state index contributed by atoms with van der Waals surface area (Å²) in [5.74, 6) is 0.0463. The van der Waals surface area contributed by atoms with Crippen LogP contribution in [0.3, 0.4) is 0 Å². The largest absolute Gasteiger partial charge is 0.366 e. The molecule has 3 heteroatoms. The summed E-state index contributed by atoms with van der Waals surface area (Å²) in [5.41, 5.74) is 11.7. The zero-order chi connectivity index (χ0) is 18.8. The Labute approximate surface area is 158 Å². The van der Waals surface area contributed by atoms with Crippen LogP contribution in [0.1, 0.15) is 33.5 Å². The molecule has 0 unspecified atom stereocenters. The number of benzene rings is 3. The van der Waals surface area contributed by atoms with E-state index in [1.165, 1.54) is 16.7 Å². The van der Waals surface area contributed by atoms with Gasteiger partial charge < -0.3 is 5.73 Å². The molecule has 0 saturated carbocycles. The zero-order valence-corrected chi connectivity index (χ0v) is 15.1. The fourth-order valence-corrected chi connectivity index (χ4v) is 3.97. The van der Waals surface area contributed by atoms with Gasteiger partial charge in [-0.05, 0) is 83.7 Å². The Bertz CT molecular complexity index is 978. The maximum atomic E-state index is 13.4. The van der Waals surface area contributed by atoms with Crippen molar-refractivity contribution in [3.8, 4) is 11.1 Å². The summed E-state index contributed by atoms with van der Waals surface area (Å²) >= 11 is 0. The van der Waals surface area contributed by atoms with Crippen molar-refractivity contribution in [2.75, 3.05) is 0 Å². The molecule has 0 aromatic heterocycles. The molecule has 27 heavy (non-hydrogen) atoms. The molecule has 2 N–H and O–H groups in total. The highest BCUT2D eigenvalue weighted by Gasteiger charge is 2.21. The third kappa shape index (κ3) is 3.92. The molecular weight excluding hydrogens is 337 g/mol. The van der Waals surface area contributed by atoms with Crippen molar-refractivity contribution in [3.05, 3.63) is 94.8 Å². The Morgan fingerprint density at radius 3 is 2.48 bits per heavy atom. The number of hydrogen-bond acceptors (Lipinski definition) is 1. The van der Waals surface area contributed by atoms with Gasteiger partial charge in [-0.1, -0.05) is 42.5 Å². The Morgan fingerprint density at radius 1 is 0.926 bits per heavy atom. The number of halogens is 1. The molecule has 1 atom stereocenters. The molecule has 2 nitrogen and oxygen atoms in total. The Morgan fingerprint density at radius 2 is 1.70 bits per heavy atom. The number of carbonyl (C=O) groups excluding carboxylic acids is 1. The van der Waals surface area contributed by atoms with Gasteiger partial charge in [-0.25, -0.2) is 4.39 Å². The maximum Gasteiger partial charge on any atom is 0.248 e. The number of hydrogen-bond donors (Lipinski definition) is 1. The molecule has 3 aromatic rings. The smallest absolute Gasteiger partial charge is 0.248 e. The number of carbonyl (C=O) groups is 1. The second kappa shape index (κ2) is 7.36. The summed E-state index contributed by atoms with van der Waals surface area (Å²) in [7, 11) is 0. The van der Waals surface area contributed by atoms with Crippen LogP contribution >= 0.6 is 0 Å². The summed E-state index contributed by atoms with van der Waals surface area (Å²) in [4.78, 5) is 11.4. The minimum Gasteiger partial charge on any atom is -0.366 e. The number of amides is 1. The van der Waals surface area contributed by atoms with Gasteiger partial charge in [0, 0.05) is 5.56 Å². The second-order valence-corrected chi connectivity index (χ2v) is 7.37. The first-order chi connectivity index (χ1) is 13.1. The van der Waals surface area contributed by atoms with Crippen LogP contribution in [-0.2, 0) is 19.3 Å². The van der Waals surface area contributed by atoms with E-state index in [9.17, 15) is 9.18 Å². The van der Waals surface area contributed by atoms with E-state index < -0.39 is 5.91 Å². The summed E-state index contributed by atoms with van der Waals surface area (Å²) in [6, 6.07) is 21.0. The molecule has 0 heterocycles. The van der Waals surface area contributed by atoms with Crippen molar-refractivity contribution in [3.63, 3.8) is 0 Å². The first kappa shape index (κ1) is 17.5. The molecule has 0 saturated heterocycles. The van der Waals surface area contributed by atoms with Crippen LogP contribution in [0.2, 0.25) is 0 Å². The Balaban J connectivity index is 1.39. The summed E-state index contributed by atoms with van der Waals surface area (Å²) in [6.07, 6.45) is 4.15. The average Bonchev–Trinajstić information content (AvgIpc) is 3.09. The van der Waals surface area contributed by atoms with Gasteiger partial charge in [0.25, 0.3) is 0 Å². The fraction of sp³-hybridized carbons (Fsp3) is 0.208. The lowest BCUT2D eigenvalue weighted by Crippen LogP contribution is -2.10. The van der Waals surface area contributed by atoms with Crippen molar-refractivity contribution in [1.82, 2.24) is 0 Å². The molecule has 1 aliphatic carbocycles. The van der Waals surface area contributed by atoms with E-state index in [0.29, 0.717) is 11.5 Å². The second-order valence-electron chi connectivity index (χ2n) is 7.37. The molecule has 0 radical (unpaired) electrons. The van der Waals surface area contributed by atoms with Gasteiger partial charge in [-0.15, -0.1) is 0 Å². The molecule has 0 bridgehead atoms. The standard InChI is InChI=1S/C24H22FNO/c25-23-11-10-20-12-17(13-22(20)15-23)5-4-16-6-8-18(9-7-16)19-2-1-3-21(14-19)24(26)27/h1-3,6-11,14-15,17H,4-5,12-13H2,(H2,26,27)/t17-/m0/s1. The highest BCUT2D eigenvalue weighted by Crippen LogP contribution is 2.30. The van der Waals surface area contributed by atoms with Crippen LogP contribution in [0, 0.1) is 11.7 Å². The topological polar surface area (TPSA) is 43.1 Å². The van der Waals surface area contributed by atoms with E-state index in [0.717, 1.165) is 36.8 Å². The first-order valence-corrected chi connectivity index (χ1v) is 9.35. The Kier molecular flexibility index (Phi) is 4.76. The molecule has 0 aliphatic heterocycles. The van der Waals surface area contributed by atoms with Gasteiger partial charge in [0.05, 0.1) is 0 Å². The Hall–Kier alpha value is -2.94. The van der Waals surface area contributed by atoms with E-state index in [4.69, 9.17) is 5.73 Å². The molecule has 136 valence electrons. The number of fused-ring (bicyclic) bond motifs is 1. The third-order valence-electron chi connectivity index (χ3n) is 5.46. The average molecular weight is 359 g/mol. The lowest BCUT2D eigenvalue weighted by atomic mass is 9.95. The highest BCUT2D eigenvalue weighted by atomic mass is 19.1. The predicted octanol–water partition coefficient (Wildman–Crippen LogP) is 4.94. The van der Waals surface area contributed by atoms with E-state index in [2.05, 4.69) is 24.3 Å². The van der Waals surface area contributed by atoms with E-state index >= 15 is 0 Å². The van der Waals surface area contributed by atoms with Gasteiger partial charge in [0.2, 0.25) is 5.91 Å². The van der Waals surface area contributed by atoms with Crippen molar-refractivity contribution in [2.24, 2.45) is 11.7 Å². The monoisotopic (exact) mass is 359 g/mol. The summed E-state index contributed by atoms with van der Waals surface area (Å²) in [6.45, 7) is 0. The van der Waals surface area contributed by atoms with Crippen LogP contribution in [0.4, 0.5) is 4.39 Å². The van der Waals surface area contributed by atoms with Gasteiger partial charge in [-0.3, -0.25) is 4.79 Å². The zero-order valence-electron chi connectivity index (χ0n) is 15.1. The van der Waals surface area contributed by atoms with Crippen molar-refractivity contribution < 1.29 is 9.18 Å². The van der Waals surface area contributed by atoms with Crippen molar-refractivity contribution in [2.45, 2.75) is 25.7 Å². The molecule has 1 amide bonds. The molecular formula is C24H22FNO. The van der Waals surface area contributed by atoms with Crippen molar-refractivity contribution >= 4 is 5.91 Å². The van der Waals surface area contributed by atoms with E-state index in [1.807, 2.05) is 24.3 Å². The SMILES string of the molecule is NC(=O)c1cccc(-c2ccc(CC[C@H]3Cc4ccc(F)cc4C3)cc2)c1. The number of aryl methyl sites for hydroxylation is 1. The first-order valence-electron chi connectivity index (χ1n) is 9.35. The third-order valence-corrected chi connectivity index (χ3v) is 5.46. The molecule has 1 aliphatic rings. The van der Waals surface area contributed by atoms with Crippen LogP contribution in [-0.4, -0.2) is 5.91 Å². The maximum absolute atomic E-state index is 13.4. The van der Waals surface area contributed by atoms with E-state index in [1.54, 1.807) is 18.2 Å². The lowest BCUT2D eigenvalue weighted by molar-refractivity contribution is 0.100. The predicted molar refractivity (Wildman–Crippen MR) is 106 cm³/mol. The van der Waals surface area contributed by atoms with Gasteiger partial charge >= 0.3 is 0 Å². The minimum atomic E-state index is -0.411. The van der Waals surface area contributed by atoms with Crippen LogP contribution in [0.5, 0.6) is 0 Å². The quantitative estimate of drug-likeness (QED) is 0.689. The number of rotatable bonds is 5. The molecule has 0 spiro atoms. The van der Waals surface area contributed by atoms with Crippen LogP contribution < -0.4 is 5.73 Å². The number of nitrogens with two attached hydrogens (primary N) is 1.